The van der Waals surface area contributed by atoms with Gasteiger partial charge in [-0.05, 0) is 30.7 Å². The standard InChI is InChI=1S/C16H15ClO4/c1-2-10-20-12-7-3-4-8-13(12)21-14-9-5-6-11(17)15(14)16(18)19/h3-9H,2,10H2,1H3,(H,18,19). The Kier molecular flexibility index (Phi) is 5.06. The van der Waals surface area contributed by atoms with Gasteiger partial charge in [0.1, 0.15) is 11.3 Å². The van der Waals surface area contributed by atoms with Gasteiger partial charge in [-0.25, -0.2) is 4.79 Å². The van der Waals surface area contributed by atoms with Crippen molar-refractivity contribution in [1.82, 2.24) is 0 Å². The van der Waals surface area contributed by atoms with Crippen LogP contribution in [0.2, 0.25) is 5.02 Å². The molecule has 0 bridgehead atoms. The van der Waals surface area contributed by atoms with Gasteiger partial charge in [0.05, 0.1) is 11.6 Å². The molecule has 0 unspecified atom stereocenters. The quantitative estimate of drug-likeness (QED) is 0.846. The van der Waals surface area contributed by atoms with Crippen molar-refractivity contribution in [3.8, 4) is 17.2 Å². The Hall–Kier alpha value is -2.20. The fourth-order valence-corrected chi connectivity index (χ4v) is 2.03. The minimum atomic E-state index is -1.14. The van der Waals surface area contributed by atoms with E-state index >= 15 is 0 Å². The smallest absolute Gasteiger partial charge is 0.341 e. The molecule has 110 valence electrons. The van der Waals surface area contributed by atoms with E-state index in [1.54, 1.807) is 30.3 Å². The zero-order chi connectivity index (χ0) is 15.2. The summed E-state index contributed by atoms with van der Waals surface area (Å²) in [6.45, 7) is 2.56. The number of carboxylic acid groups (broad SMARTS) is 1. The largest absolute Gasteiger partial charge is 0.490 e. The lowest BCUT2D eigenvalue weighted by Gasteiger charge is -2.13. The molecule has 0 atom stereocenters. The second-order valence-corrected chi connectivity index (χ2v) is 4.72. The van der Waals surface area contributed by atoms with Crippen molar-refractivity contribution in [2.45, 2.75) is 13.3 Å². The zero-order valence-corrected chi connectivity index (χ0v) is 12.3. The van der Waals surface area contributed by atoms with Crippen LogP contribution in [0.4, 0.5) is 0 Å². The van der Waals surface area contributed by atoms with E-state index in [1.165, 1.54) is 6.07 Å². The molecule has 0 fully saturated rings. The highest BCUT2D eigenvalue weighted by atomic mass is 35.5. The van der Waals surface area contributed by atoms with Gasteiger partial charge in [0.2, 0.25) is 0 Å². The third-order valence-electron chi connectivity index (χ3n) is 2.72. The minimum absolute atomic E-state index is 0.0653. The van der Waals surface area contributed by atoms with Crippen molar-refractivity contribution >= 4 is 17.6 Å². The predicted molar refractivity (Wildman–Crippen MR) is 80.7 cm³/mol. The molecule has 2 aromatic rings. The first-order valence-corrected chi connectivity index (χ1v) is 6.92. The topological polar surface area (TPSA) is 55.8 Å². The second kappa shape index (κ2) is 6.99. The first kappa shape index (κ1) is 15.2. The second-order valence-electron chi connectivity index (χ2n) is 4.32. The summed E-state index contributed by atoms with van der Waals surface area (Å²) < 4.78 is 11.3. The van der Waals surface area contributed by atoms with Crippen LogP contribution in [-0.2, 0) is 0 Å². The van der Waals surface area contributed by atoms with E-state index in [4.69, 9.17) is 21.1 Å². The zero-order valence-electron chi connectivity index (χ0n) is 11.5. The summed E-state index contributed by atoms with van der Waals surface area (Å²) in [5, 5.41) is 9.37. The normalized spacial score (nSPS) is 10.2. The van der Waals surface area contributed by atoms with Gasteiger partial charge >= 0.3 is 5.97 Å². The number of carboxylic acids is 1. The molecule has 0 aliphatic carbocycles. The maximum Gasteiger partial charge on any atom is 0.341 e. The number of para-hydroxylation sites is 2. The molecule has 5 heteroatoms. The molecule has 0 aliphatic rings. The summed E-state index contributed by atoms with van der Waals surface area (Å²) in [5.41, 5.74) is -0.0653. The van der Waals surface area contributed by atoms with Gasteiger partial charge in [0, 0.05) is 0 Å². The van der Waals surface area contributed by atoms with E-state index in [9.17, 15) is 9.90 Å². The average Bonchev–Trinajstić information content (AvgIpc) is 2.46. The van der Waals surface area contributed by atoms with Crippen molar-refractivity contribution in [2.24, 2.45) is 0 Å². The van der Waals surface area contributed by atoms with Crippen LogP contribution in [0.25, 0.3) is 0 Å². The SMILES string of the molecule is CCCOc1ccccc1Oc1cccc(Cl)c1C(=O)O. The van der Waals surface area contributed by atoms with Crippen molar-refractivity contribution in [1.29, 1.82) is 0 Å². The molecule has 0 amide bonds. The van der Waals surface area contributed by atoms with Gasteiger partial charge in [-0.2, -0.15) is 0 Å². The molecule has 0 saturated carbocycles. The molecule has 21 heavy (non-hydrogen) atoms. The number of hydrogen-bond acceptors (Lipinski definition) is 3. The third kappa shape index (κ3) is 3.67. The molecule has 0 aliphatic heterocycles. The molecule has 0 radical (unpaired) electrons. The summed E-state index contributed by atoms with van der Waals surface area (Å²) in [4.78, 5) is 11.3. The number of benzene rings is 2. The van der Waals surface area contributed by atoms with Crippen molar-refractivity contribution in [3.05, 3.63) is 53.1 Å². The maximum absolute atomic E-state index is 11.3. The van der Waals surface area contributed by atoms with Crippen LogP contribution in [0.1, 0.15) is 23.7 Å². The number of halogens is 1. The fraction of sp³-hybridized carbons (Fsp3) is 0.188. The molecule has 2 rings (SSSR count). The number of rotatable bonds is 6. The summed E-state index contributed by atoms with van der Waals surface area (Å²) in [6, 6.07) is 11.8. The highest BCUT2D eigenvalue weighted by Gasteiger charge is 2.17. The van der Waals surface area contributed by atoms with Gasteiger partial charge in [0.25, 0.3) is 0 Å². The molecule has 0 aromatic heterocycles. The van der Waals surface area contributed by atoms with Crippen LogP contribution in [0.3, 0.4) is 0 Å². The Balaban J connectivity index is 2.35. The third-order valence-corrected chi connectivity index (χ3v) is 3.03. The number of aromatic carboxylic acids is 1. The molecule has 2 aromatic carbocycles. The summed E-state index contributed by atoms with van der Waals surface area (Å²) >= 11 is 5.92. The van der Waals surface area contributed by atoms with E-state index < -0.39 is 5.97 Å². The van der Waals surface area contributed by atoms with Crippen LogP contribution < -0.4 is 9.47 Å². The van der Waals surface area contributed by atoms with Gasteiger partial charge < -0.3 is 14.6 Å². The first-order valence-electron chi connectivity index (χ1n) is 6.55. The van der Waals surface area contributed by atoms with Crippen LogP contribution in [0, 0.1) is 0 Å². The minimum Gasteiger partial charge on any atom is -0.490 e. The van der Waals surface area contributed by atoms with E-state index in [0.717, 1.165) is 6.42 Å². The van der Waals surface area contributed by atoms with Crippen LogP contribution in [0.5, 0.6) is 17.2 Å². The fourth-order valence-electron chi connectivity index (χ4n) is 1.78. The van der Waals surface area contributed by atoms with Gasteiger partial charge in [-0.1, -0.05) is 36.7 Å². The lowest BCUT2D eigenvalue weighted by Crippen LogP contribution is -2.02. The van der Waals surface area contributed by atoms with Crippen LogP contribution >= 0.6 is 11.6 Å². The van der Waals surface area contributed by atoms with Crippen molar-refractivity contribution in [3.63, 3.8) is 0 Å². The van der Waals surface area contributed by atoms with Gasteiger partial charge in [0.15, 0.2) is 11.5 Å². The number of ether oxygens (including phenoxy) is 2. The predicted octanol–water partition coefficient (Wildman–Crippen LogP) is 4.62. The van der Waals surface area contributed by atoms with Crippen molar-refractivity contribution in [2.75, 3.05) is 6.61 Å². The Labute approximate surface area is 127 Å². The summed E-state index contributed by atoms with van der Waals surface area (Å²) in [7, 11) is 0. The average molecular weight is 307 g/mol. The lowest BCUT2D eigenvalue weighted by molar-refractivity contribution is 0.0694. The number of carbonyl (C=O) groups is 1. The molecular weight excluding hydrogens is 292 g/mol. The van der Waals surface area contributed by atoms with Gasteiger partial charge in [-0.15, -0.1) is 0 Å². The molecule has 0 saturated heterocycles. The van der Waals surface area contributed by atoms with Crippen molar-refractivity contribution < 1.29 is 19.4 Å². The Bertz CT molecular complexity index is 640. The van der Waals surface area contributed by atoms with Gasteiger partial charge in [-0.3, -0.25) is 0 Å². The number of hydrogen-bond donors (Lipinski definition) is 1. The highest BCUT2D eigenvalue weighted by Crippen LogP contribution is 2.35. The van der Waals surface area contributed by atoms with Crippen LogP contribution in [0.15, 0.2) is 42.5 Å². The monoisotopic (exact) mass is 306 g/mol. The maximum atomic E-state index is 11.3. The van der Waals surface area contributed by atoms with E-state index in [1.807, 2.05) is 13.0 Å². The van der Waals surface area contributed by atoms with E-state index in [-0.39, 0.29) is 16.3 Å². The Morgan fingerprint density at radius 1 is 1.10 bits per heavy atom. The Morgan fingerprint density at radius 3 is 2.43 bits per heavy atom. The first-order chi connectivity index (χ1) is 10.1. The van der Waals surface area contributed by atoms with E-state index in [2.05, 4.69) is 0 Å². The Morgan fingerprint density at radius 2 is 1.76 bits per heavy atom. The molecular formula is C16H15ClO4. The molecule has 4 nitrogen and oxygen atoms in total. The summed E-state index contributed by atoms with van der Waals surface area (Å²) in [5.74, 6) is 0.0662. The highest BCUT2D eigenvalue weighted by molar-refractivity contribution is 6.33. The molecule has 1 N–H and O–H groups in total. The van der Waals surface area contributed by atoms with Crippen LogP contribution in [-0.4, -0.2) is 17.7 Å². The van der Waals surface area contributed by atoms with E-state index in [0.29, 0.717) is 18.1 Å². The lowest BCUT2D eigenvalue weighted by atomic mass is 10.2. The molecule has 0 spiro atoms. The summed E-state index contributed by atoms with van der Waals surface area (Å²) in [6.07, 6.45) is 0.867. The molecule has 0 heterocycles.